The van der Waals surface area contributed by atoms with Gasteiger partial charge in [-0.2, -0.15) is 0 Å². The number of benzene rings is 2. The van der Waals surface area contributed by atoms with Gasteiger partial charge < -0.3 is 15.0 Å². The predicted octanol–water partition coefficient (Wildman–Crippen LogP) is 3.65. The van der Waals surface area contributed by atoms with Gasteiger partial charge in [-0.25, -0.2) is 0 Å². The number of nitrogens with one attached hydrogen (secondary N) is 1. The van der Waals surface area contributed by atoms with Crippen LogP contribution < -0.4 is 15.0 Å². The first kappa shape index (κ1) is 17.9. The summed E-state index contributed by atoms with van der Waals surface area (Å²) in [5.41, 5.74) is 2.87. The van der Waals surface area contributed by atoms with E-state index in [1.54, 1.807) is 13.2 Å². The third kappa shape index (κ3) is 4.75. The Morgan fingerprint density at radius 3 is 2.58 bits per heavy atom. The van der Waals surface area contributed by atoms with Gasteiger partial charge in [0.05, 0.1) is 7.11 Å². The lowest BCUT2D eigenvalue weighted by molar-refractivity contribution is 0.0953. The van der Waals surface area contributed by atoms with Crippen molar-refractivity contribution in [1.82, 2.24) is 5.32 Å². The standard InChI is InChI=1S/C20H26N2O2/c1-4-22(18-9-6-5-7-10-18)14-8-13-21-20(23)17-12-11-16(2)19(15-17)24-3/h5-7,9-12,15H,4,8,13-14H2,1-3H3,(H,21,23). The molecule has 0 bridgehead atoms. The lowest BCUT2D eigenvalue weighted by atomic mass is 10.1. The minimum atomic E-state index is -0.0592. The summed E-state index contributed by atoms with van der Waals surface area (Å²) in [4.78, 5) is 14.5. The van der Waals surface area contributed by atoms with Crippen LogP contribution >= 0.6 is 0 Å². The number of hydrogen-bond donors (Lipinski definition) is 1. The summed E-state index contributed by atoms with van der Waals surface area (Å²) < 4.78 is 5.27. The van der Waals surface area contributed by atoms with Gasteiger partial charge in [-0.3, -0.25) is 4.79 Å². The van der Waals surface area contributed by atoms with Crippen LogP contribution in [0.15, 0.2) is 48.5 Å². The van der Waals surface area contributed by atoms with Gasteiger partial charge in [0.1, 0.15) is 5.75 Å². The minimum absolute atomic E-state index is 0.0592. The molecule has 0 radical (unpaired) electrons. The number of ether oxygens (including phenoxy) is 1. The molecule has 4 heteroatoms. The van der Waals surface area contributed by atoms with E-state index in [-0.39, 0.29) is 5.91 Å². The number of carbonyl (C=O) groups excluding carboxylic acids is 1. The summed E-state index contributed by atoms with van der Waals surface area (Å²) in [7, 11) is 1.62. The Morgan fingerprint density at radius 1 is 1.17 bits per heavy atom. The summed E-state index contributed by atoms with van der Waals surface area (Å²) in [6, 6.07) is 15.9. The maximum atomic E-state index is 12.2. The number of carbonyl (C=O) groups is 1. The van der Waals surface area contributed by atoms with Gasteiger partial charge >= 0.3 is 0 Å². The Labute approximate surface area is 144 Å². The highest BCUT2D eigenvalue weighted by Gasteiger charge is 2.08. The van der Waals surface area contributed by atoms with Gasteiger partial charge in [0.25, 0.3) is 5.91 Å². The van der Waals surface area contributed by atoms with Crippen LogP contribution in [-0.2, 0) is 0 Å². The highest BCUT2D eigenvalue weighted by molar-refractivity contribution is 5.94. The van der Waals surface area contributed by atoms with E-state index in [0.29, 0.717) is 12.1 Å². The summed E-state index contributed by atoms with van der Waals surface area (Å²) >= 11 is 0. The third-order valence-corrected chi connectivity index (χ3v) is 4.06. The van der Waals surface area contributed by atoms with Crippen molar-refractivity contribution in [2.24, 2.45) is 0 Å². The van der Waals surface area contributed by atoms with Gasteiger partial charge in [-0.05, 0) is 50.1 Å². The minimum Gasteiger partial charge on any atom is -0.496 e. The normalized spacial score (nSPS) is 10.3. The first-order valence-electron chi connectivity index (χ1n) is 8.38. The molecule has 0 atom stereocenters. The van der Waals surface area contributed by atoms with E-state index >= 15 is 0 Å². The maximum absolute atomic E-state index is 12.2. The van der Waals surface area contributed by atoms with Crippen LogP contribution in [-0.4, -0.2) is 32.7 Å². The molecular weight excluding hydrogens is 300 g/mol. The number of rotatable bonds is 8. The second-order valence-corrected chi connectivity index (χ2v) is 5.71. The number of anilines is 1. The molecule has 4 nitrogen and oxygen atoms in total. The number of hydrogen-bond acceptors (Lipinski definition) is 3. The van der Waals surface area contributed by atoms with Crippen LogP contribution in [0.1, 0.15) is 29.3 Å². The molecule has 1 N–H and O–H groups in total. The largest absolute Gasteiger partial charge is 0.496 e. The van der Waals surface area contributed by atoms with Gasteiger partial charge in [0, 0.05) is 30.9 Å². The van der Waals surface area contributed by atoms with E-state index in [9.17, 15) is 4.79 Å². The summed E-state index contributed by atoms with van der Waals surface area (Å²) in [6.07, 6.45) is 0.900. The van der Waals surface area contributed by atoms with Gasteiger partial charge in [0.2, 0.25) is 0 Å². The molecule has 2 rings (SSSR count). The van der Waals surface area contributed by atoms with E-state index in [1.807, 2.05) is 37.3 Å². The maximum Gasteiger partial charge on any atom is 0.251 e. The van der Waals surface area contributed by atoms with Gasteiger partial charge in [0.15, 0.2) is 0 Å². The van der Waals surface area contributed by atoms with E-state index < -0.39 is 0 Å². The molecule has 0 aliphatic rings. The molecule has 2 aromatic rings. The molecule has 0 saturated carbocycles. The Kier molecular flexibility index (Phi) is 6.67. The van der Waals surface area contributed by atoms with Crippen molar-refractivity contribution in [1.29, 1.82) is 0 Å². The van der Waals surface area contributed by atoms with Crippen molar-refractivity contribution in [3.8, 4) is 5.75 Å². The first-order valence-corrected chi connectivity index (χ1v) is 8.38. The smallest absolute Gasteiger partial charge is 0.251 e. The second-order valence-electron chi connectivity index (χ2n) is 5.71. The zero-order chi connectivity index (χ0) is 17.4. The molecule has 128 valence electrons. The number of amides is 1. The highest BCUT2D eigenvalue weighted by Crippen LogP contribution is 2.18. The number of nitrogens with zero attached hydrogens (tertiary/aromatic N) is 1. The Bertz CT molecular complexity index is 656. The second kappa shape index (κ2) is 8.96. The van der Waals surface area contributed by atoms with Crippen LogP contribution in [0, 0.1) is 6.92 Å². The molecule has 0 unspecified atom stereocenters. The molecular formula is C20H26N2O2. The van der Waals surface area contributed by atoms with Crippen molar-refractivity contribution in [2.75, 3.05) is 31.6 Å². The Balaban J connectivity index is 1.82. The molecule has 0 aliphatic heterocycles. The Hall–Kier alpha value is -2.49. The summed E-state index contributed by atoms with van der Waals surface area (Å²) in [5, 5.41) is 2.98. The third-order valence-electron chi connectivity index (χ3n) is 4.06. The molecule has 0 saturated heterocycles. The van der Waals surface area contributed by atoms with Crippen molar-refractivity contribution in [2.45, 2.75) is 20.3 Å². The zero-order valence-electron chi connectivity index (χ0n) is 14.7. The van der Waals surface area contributed by atoms with Crippen LogP contribution in [0.5, 0.6) is 5.75 Å². The predicted molar refractivity (Wildman–Crippen MR) is 99.0 cm³/mol. The quantitative estimate of drug-likeness (QED) is 0.753. The van der Waals surface area contributed by atoms with Crippen LogP contribution in [0.3, 0.4) is 0 Å². The topological polar surface area (TPSA) is 41.6 Å². The highest BCUT2D eigenvalue weighted by atomic mass is 16.5. The summed E-state index contributed by atoms with van der Waals surface area (Å²) in [6.45, 7) is 6.62. The average molecular weight is 326 g/mol. The van der Waals surface area contributed by atoms with Crippen LogP contribution in [0.4, 0.5) is 5.69 Å². The lowest BCUT2D eigenvalue weighted by Crippen LogP contribution is -2.30. The summed E-state index contributed by atoms with van der Waals surface area (Å²) in [5.74, 6) is 0.681. The number of methoxy groups -OCH3 is 1. The van der Waals surface area contributed by atoms with E-state index in [2.05, 4.69) is 29.3 Å². The van der Waals surface area contributed by atoms with Crippen molar-refractivity contribution >= 4 is 11.6 Å². The van der Waals surface area contributed by atoms with Crippen molar-refractivity contribution in [3.05, 3.63) is 59.7 Å². The molecule has 0 aromatic heterocycles. The fourth-order valence-corrected chi connectivity index (χ4v) is 2.64. The lowest BCUT2D eigenvalue weighted by Gasteiger charge is -2.23. The molecule has 0 heterocycles. The molecule has 1 amide bonds. The first-order chi connectivity index (χ1) is 11.7. The molecule has 24 heavy (non-hydrogen) atoms. The number of para-hydroxylation sites is 1. The fourth-order valence-electron chi connectivity index (χ4n) is 2.64. The van der Waals surface area contributed by atoms with Crippen molar-refractivity contribution < 1.29 is 9.53 Å². The monoisotopic (exact) mass is 326 g/mol. The fraction of sp³-hybridized carbons (Fsp3) is 0.350. The molecule has 0 spiro atoms. The molecule has 0 fully saturated rings. The SMILES string of the molecule is CCN(CCCNC(=O)c1ccc(C)c(OC)c1)c1ccccc1. The van der Waals surface area contributed by atoms with Gasteiger partial charge in [-0.1, -0.05) is 24.3 Å². The van der Waals surface area contributed by atoms with E-state index in [0.717, 1.165) is 30.8 Å². The zero-order valence-corrected chi connectivity index (χ0v) is 14.7. The van der Waals surface area contributed by atoms with E-state index in [4.69, 9.17) is 4.74 Å². The van der Waals surface area contributed by atoms with Crippen LogP contribution in [0.2, 0.25) is 0 Å². The number of aryl methyl sites for hydroxylation is 1. The Morgan fingerprint density at radius 2 is 1.92 bits per heavy atom. The van der Waals surface area contributed by atoms with Crippen molar-refractivity contribution in [3.63, 3.8) is 0 Å². The van der Waals surface area contributed by atoms with Gasteiger partial charge in [-0.15, -0.1) is 0 Å². The average Bonchev–Trinajstić information content (AvgIpc) is 2.62. The van der Waals surface area contributed by atoms with Crippen LogP contribution in [0.25, 0.3) is 0 Å². The molecule has 2 aromatic carbocycles. The van der Waals surface area contributed by atoms with E-state index in [1.165, 1.54) is 5.69 Å². The molecule has 0 aliphatic carbocycles.